The number of rotatable bonds is 4. The van der Waals surface area contributed by atoms with E-state index in [-0.39, 0.29) is 5.82 Å². The maximum absolute atomic E-state index is 12.8. The average Bonchev–Trinajstić information content (AvgIpc) is 2.36. The topological polar surface area (TPSA) is 34.2 Å². The Hall–Kier alpha value is -1.46. The highest BCUT2D eigenvalue weighted by Gasteiger charge is 2.07. The summed E-state index contributed by atoms with van der Waals surface area (Å²) < 4.78 is 19.3. The highest BCUT2D eigenvalue weighted by molar-refractivity contribution is 9.10. The van der Waals surface area contributed by atoms with Crippen molar-refractivity contribution >= 4 is 15.9 Å². The van der Waals surface area contributed by atoms with Gasteiger partial charge in [0.2, 0.25) is 5.88 Å². The number of hydrogen-bond acceptors (Lipinski definition) is 3. The standard InChI is InChI=1S/C13H12BrFN2O/c1-16-7-9-6-10(14)8-17-13(9)18-12-4-2-11(15)3-5-12/h2-6,8,16H,7H2,1H3. The molecule has 1 aromatic heterocycles. The van der Waals surface area contributed by atoms with Gasteiger partial charge < -0.3 is 10.1 Å². The fourth-order valence-electron chi connectivity index (χ4n) is 1.49. The molecule has 0 unspecified atom stereocenters. The number of hydrogen-bond donors (Lipinski definition) is 1. The van der Waals surface area contributed by atoms with E-state index in [2.05, 4.69) is 26.2 Å². The predicted octanol–water partition coefficient (Wildman–Crippen LogP) is 3.49. The molecule has 0 fully saturated rings. The number of nitrogens with one attached hydrogen (secondary N) is 1. The van der Waals surface area contributed by atoms with Crippen LogP contribution in [0.4, 0.5) is 4.39 Å². The molecule has 0 saturated heterocycles. The van der Waals surface area contributed by atoms with Crippen LogP contribution in [0.25, 0.3) is 0 Å². The lowest BCUT2D eigenvalue weighted by atomic mass is 10.2. The molecule has 0 aliphatic heterocycles. The van der Waals surface area contributed by atoms with Gasteiger partial charge in [-0.3, -0.25) is 0 Å². The molecule has 18 heavy (non-hydrogen) atoms. The minimum atomic E-state index is -0.290. The second kappa shape index (κ2) is 5.93. The van der Waals surface area contributed by atoms with Crippen molar-refractivity contribution in [2.24, 2.45) is 0 Å². The van der Waals surface area contributed by atoms with E-state index in [4.69, 9.17) is 4.74 Å². The summed E-state index contributed by atoms with van der Waals surface area (Å²) in [6.07, 6.45) is 1.66. The van der Waals surface area contributed by atoms with Crippen molar-refractivity contribution in [2.75, 3.05) is 7.05 Å². The van der Waals surface area contributed by atoms with Gasteiger partial charge in [-0.25, -0.2) is 9.37 Å². The van der Waals surface area contributed by atoms with Gasteiger partial charge >= 0.3 is 0 Å². The molecule has 2 rings (SSSR count). The minimum Gasteiger partial charge on any atom is -0.439 e. The van der Waals surface area contributed by atoms with Crippen LogP contribution in [0, 0.1) is 5.82 Å². The van der Waals surface area contributed by atoms with Gasteiger partial charge in [-0.15, -0.1) is 0 Å². The van der Waals surface area contributed by atoms with Crippen LogP contribution >= 0.6 is 15.9 Å². The molecule has 3 nitrogen and oxygen atoms in total. The van der Waals surface area contributed by atoms with Crippen LogP contribution in [0.15, 0.2) is 41.0 Å². The molecule has 0 amide bonds. The Morgan fingerprint density at radius 3 is 2.72 bits per heavy atom. The van der Waals surface area contributed by atoms with E-state index in [1.54, 1.807) is 18.3 Å². The van der Waals surface area contributed by atoms with E-state index in [1.165, 1.54) is 12.1 Å². The van der Waals surface area contributed by atoms with Crippen LogP contribution < -0.4 is 10.1 Å². The summed E-state index contributed by atoms with van der Waals surface area (Å²) in [6.45, 7) is 0.642. The summed E-state index contributed by atoms with van der Waals surface area (Å²) in [6, 6.07) is 7.78. The lowest BCUT2D eigenvalue weighted by Crippen LogP contribution is -2.07. The molecule has 1 aromatic carbocycles. The number of ether oxygens (including phenoxy) is 1. The van der Waals surface area contributed by atoms with Crippen molar-refractivity contribution < 1.29 is 9.13 Å². The Labute approximate surface area is 113 Å². The van der Waals surface area contributed by atoms with Crippen molar-refractivity contribution in [3.05, 3.63) is 52.4 Å². The summed E-state index contributed by atoms with van der Waals surface area (Å²) in [7, 11) is 1.85. The zero-order valence-corrected chi connectivity index (χ0v) is 11.4. The predicted molar refractivity (Wildman–Crippen MR) is 71.2 cm³/mol. The number of aromatic nitrogens is 1. The lowest BCUT2D eigenvalue weighted by Gasteiger charge is -2.10. The molecule has 0 atom stereocenters. The van der Waals surface area contributed by atoms with Gasteiger partial charge in [0.15, 0.2) is 0 Å². The first-order valence-corrected chi connectivity index (χ1v) is 6.21. The van der Waals surface area contributed by atoms with Crippen molar-refractivity contribution in [3.63, 3.8) is 0 Å². The van der Waals surface area contributed by atoms with Crippen molar-refractivity contribution in [3.8, 4) is 11.6 Å². The highest BCUT2D eigenvalue weighted by Crippen LogP contribution is 2.25. The number of pyridine rings is 1. The smallest absolute Gasteiger partial charge is 0.223 e. The third kappa shape index (κ3) is 3.27. The molecule has 0 bridgehead atoms. The first kappa shape index (κ1) is 13.0. The first-order valence-electron chi connectivity index (χ1n) is 5.41. The van der Waals surface area contributed by atoms with E-state index >= 15 is 0 Å². The molecule has 0 aliphatic rings. The van der Waals surface area contributed by atoms with Crippen molar-refractivity contribution in [1.82, 2.24) is 10.3 Å². The molecular weight excluding hydrogens is 299 g/mol. The summed E-state index contributed by atoms with van der Waals surface area (Å²) in [5.41, 5.74) is 0.927. The van der Waals surface area contributed by atoms with Crippen LogP contribution in [0.5, 0.6) is 11.6 Å². The molecule has 94 valence electrons. The quantitative estimate of drug-likeness (QED) is 0.938. The molecule has 0 spiro atoms. The Balaban J connectivity index is 2.25. The average molecular weight is 311 g/mol. The molecule has 0 saturated carbocycles. The van der Waals surface area contributed by atoms with Crippen LogP contribution in [0.1, 0.15) is 5.56 Å². The molecule has 2 aromatic rings. The molecule has 1 N–H and O–H groups in total. The van der Waals surface area contributed by atoms with Crippen LogP contribution in [0.3, 0.4) is 0 Å². The monoisotopic (exact) mass is 310 g/mol. The van der Waals surface area contributed by atoms with E-state index in [9.17, 15) is 4.39 Å². The van der Waals surface area contributed by atoms with Crippen LogP contribution in [-0.2, 0) is 6.54 Å². The maximum atomic E-state index is 12.8. The Kier molecular flexibility index (Phi) is 4.28. The first-order chi connectivity index (χ1) is 8.69. The van der Waals surface area contributed by atoms with E-state index in [0.29, 0.717) is 18.2 Å². The summed E-state index contributed by atoms with van der Waals surface area (Å²) in [5.74, 6) is 0.782. The summed E-state index contributed by atoms with van der Waals surface area (Å²) >= 11 is 3.37. The fourth-order valence-corrected chi connectivity index (χ4v) is 1.87. The number of nitrogens with zero attached hydrogens (tertiary/aromatic N) is 1. The molecule has 5 heteroatoms. The highest BCUT2D eigenvalue weighted by atomic mass is 79.9. The van der Waals surface area contributed by atoms with Crippen molar-refractivity contribution in [1.29, 1.82) is 0 Å². The molecule has 0 aliphatic carbocycles. The third-order valence-corrected chi connectivity index (χ3v) is 2.72. The maximum Gasteiger partial charge on any atom is 0.223 e. The van der Waals surface area contributed by atoms with Crippen molar-refractivity contribution in [2.45, 2.75) is 6.54 Å². The summed E-state index contributed by atoms with van der Waals surface area (Å²) in [4.78, 5) is 4.21. The molecule has 1 heterocycles. The van der Waals surface area contributed by atoms with Gasteiger partial charge in [0.25, 0.3) is 0 Å². The number of halogens is 2. The SMILES string of the molecule is CNCc1cc(Br)cnc1Oc1ccc(F)cc1. The summed E-state index contributed by atoms with van der Waals surface area (Å²) in [5, 5.41) is 3.05. The van der Waals surface area contributed by atoms with Gasteiger partial charge in [-0.1, -0.05) is 0 Å². The van der Waals surface area contributed by atoms with Gasteiger partial charge in [0.05, 0.1) is 0 Å². The van der Waals surface area contributed by atoms with E-state index < -0.39 is 0 Å². The number of benzene rings is 1. The largest absolute Gasteiger partial charge is 0.439 e. The molecule has 0 radical (unpaired) electrons. The van der Waals surface area contributed by atoms with Gasteiger partial charge in [0, 0.05) is 22.8 Å². The van der Waals surface area contributed by atoms with E-state index in [1.807, 2.05) is 13.1 Å². The second-order valence-electron chi connectivity index (χ2n) is 3.70. The normalized spacial score (nSPS) is 10.4. The molecular formula is C13H12BrFN2O. The van der Waals surface area contributed by atoms with Gasteiger partial charge in [-0.2, -0.15) is 0 Å². The fraction of sp³-hybridized carbons (Fsp3) is 0.154. The zero-order chi connectivity index (χ0) is 13.0. The van der Waals surface area contributed by atoms with E-state index in [0.717, 1.165) is 10.0 Å². The Morgan fingerprint density at radius 2 is 2.06 bits per heavy atom. The van der Waals surface area contributed by atoms with Crippen LogP contribution in [0.2, 0.25) is 0 Å². The minimum absolute atomic E-state index is 0.290. The van der Waals surface area contributed by atoms with Crippen LogP contribution in [-0.4, -0.2) is 12.0 Å². The van der Waals surface area contributed by atoms with Gasteiger partial charge in [0.1, 0.15) is 11.6 Å². The lowest BCUT2D eigenvalue weighted by molar-refractivity contribution is 0.452. The second-order valence-corrected chi connectivity index (χ2v) is 4.62. The zero-order valence-electron chi connectivity index (χ0n) is 9.78. The third-order valence-electron chi connectivity index (χ3n) is 2.29. The Morgan fingerprint density at radius 1 is 1.33 bits per heavy atom. The Bertz CT molecular complexity index is 531. The van der Waals surface area contributed by atoms with Gasteiger partial charge in [-0.05, 0) is 53.3 Å².